The molecule has 1 fully saturated rings. The number of nitrogens with zero attached hydrogens (tertiary/aromatic N) is 3. The van der Waals surface area contributed by atoms with E-state index in [1.54, 1.807) is 0 Å². The van der Waals surface area contributed by atoms with Crippen LogP contribution < -0.4 is 4.90 Å². The Labute approximate surface area is 157 Å². The van der Waals surface area contributed by atoms with Gasteiger partial charge in [-0.3, -0.25) is 0 Å². The average molecular weight is 408 g/mol. The van der Waals surface area contributed by atoms with Gasteiger partial charge >= 0.3 is 6.01 Å². The van der Waals surface area contributed by atoms with Crippen LogP contribution in [0.2, 0.25) is 0 Å². The molecule has 1 saturated heterocycles. The second-order valence-electron chi connectivity index (χ2n) is 7.38. The standard InChI is InChI=1S/C19H26BrN3O2/c1-13(2)19(3,15-4-6-16(20)7-5-15)17-21-18(25-22-17)23-10-8-14(12-24)9-11-23/h4-7,13-14,24H,8-12H2,1-3H3. The fraction of sp³-hybridized carbons (Fsp3) is 0.579. The molecule has 1 aliphatic rings. The van der Waals surface area contributed by atoms with E-state index in [0.29, 0.717) is 17.9 Å². The topological polar surface area (TPSA) is 62.4 Å². The van der Waals surface area contributed by atoms with Crippen LogP contribution in [0.25, 0.3) is 0 Å². The van der Waals surface area contributed by atoms with E-state index >= 15 is 0 Å². The van der Waals surface area contributed by atoms with Crippen molar-refractivity contribution in [3.8, 4) is 0 Å². The number of hydrogen-bond acceptors (Lipinski definition) is 5. The van der Waals surface area contributed by atoms with Gasteiger partial charge in [0, 0.05) is 24.2 Å². The Morgan fingerprint density at radius 1 is 1.28 bits per heavy atom. The molecule has 1 N–H and O–H groups in total. The van der Waals surface area contributed by atoms with E-state index in [-0.39, 0.29) is 12.0 Å². The fourth-order valence-corrected chi connectivity index (χ4v) is 3.64. The van der Waals surface area contributed by atoms with Gasteiger partial charge in [-0.2, -0.15) is 4.98 Å². The predicted molar refractivity (Wildman–Crippen MR) is 102 cm³/mol. The molecule has 136 valence electrons. The van der Waals surface area contributed by atoms with E-state index in [9.17, 15) is 5.11 Å². The van der Waals surface area contributed by atoms with Gasteiger partial charge in [0.15, 0.2) is 5.82 Å². The van der Waals surface area contributed by atoms with Crippen molar-refractivity contribution >= 4 is 21.9 Å². The summed E-state index contributed by atoms with van der Waals surface area (Å²) in [6.07, 6.45) is 1.92. The molecule has 1 aromatic carbocycles. The van der Waals surface area contributed by atoms with Crippen molar-refractivity contribution < 1.29 is 9.63 Å². The summed E-state index contributed by atoms with van der Waals surface area (Å²) in [4.78, 5) is 6.88. The summed E-state index contributed by atoms with van der Waals surface area (Å²) in [6.45, 7) is 8.51. The van der Waals surface area contributed by atoms with Gasteiger partial charge in [0.25, 0.3) is 0 Å². The zero-order valence-electron chi connectivity index (χ0n) is 15.1. The molecule has 1 aliphatic heterocycles. The van der Waals surface area contributed by atoms with Gasteiger partial charge in [-0.15, -0.1) is 0 Å². The lowest BCUT2D eigenvalue weighted by Crippen LogP contribution is -2.35. The molecule has 0 aliphatic carbocycles. The van der Waals surface area contributed by atoms with Crippen molar-refractivity contribution in [2.45, 2.75) is 39.0 Å². The first kappa shape index (κ1) is 18.4. The first-order valence-corrected chi connectivity index (χ1v) is 9.70. The number of aliphatic hydroxyl groups is 1. The third-order valence-electron chi connectivity index (χ3n) is 5.62. The summed E-state index contributed by atoms with van der Waals surface area (Å²) < 4.78 is 6.67. The number of halogens is 1. The minimum atomic E-state index is -0.314. The van der Waals surface area contributed by atoms with E-state index in [4.69, 9.17) is 9.51 Å². The highest BCUT2D eigenvalue weighted by atomic mass is 79.9. The van der Waals surface area contributed by atoms with Gasteiger partial charge in [-0.05, 0) is 49.3 Å². The Kier molecular flexibility index (Phi) is 5.49. The third kappa shape index (κ3) is 3.60. The summed E-state index contributed by atoms with van der Waals surface area (Å²) in [6, 6.07) is 8.93. The molecule has 1 aromatic heterocycles. The molecule has 1 unspecified atom stereocenters. The van der Waals surface area contributed by atoms with E-state index in [1.165, 1.54) is 5.56 Å². The van der Waals surface area contributed by atoms with Crippen LogP contribution in [-0.4, -0.2) is 34.9 Å². The van der Waals surface area contributed by atoms with Gasteiger partial charge in [0.1, 0.15) is 0 Å². The number of aliphatic hydroxyl groups excluding tert-OH is 1. The van der Waals surface area contributed by atoms with Crippen molar-refractivity contribution in [1.82, 2.24) is 10.1 Å². The second kappa shape index (κ2) is 7.46. The number of piperidine rings is 1. The highest BCUT2D eigenvalue weighted by Gasteiger charge is 2.38. The molecule has 0 bridgehead atoms. The summed E-state index contributed by atoms with van der Waals surface area (Å²) >= 11 is 3.50. The van der Waals surface area contributed by atoms with Crippen molar-refractivity contribution in [1.29, 1.82) is 0 Å². The maximum absolute atomic E-state index is 9.29. The molecule has 0 radical (unpaired) electrons. The minimum absolute atomic E-state index is 0.262. The lowest BCUT2D eigenvalue weighted by atomic mass is 9.73. The van der Waals surface area contributed by atoms with Crippen molar-refractivity contribution in [2.75, 3.05) is 24.6 Å². The van der Waals surface area contributed by atoms with E-state index in [1.807, 2.05) is 0 Å². The predicted octanol–water partition coefficient (Wildman–Crippen LogP) is 4.00. The zero-order valence-corrected chi connectivity index (χ0v) is 16.7. The summed E-state index contributed by atoms with van der Waals surface area (Å²) in [7, 11) is 0. The van der Waals surface area contributed by atoms with Gasteiger partial charge < -0.3 is 14.5 Å². The SMILES string of the molecule is CC(C)C(C)(c1ccc(Br)cc1)c1noc(N2CCC(CO)CC2)n1. The van der Waals surface area contributed by atoms with Crippen LogP contribution in [0, 0.1) is 11.8 Å². The Hall–Kier alpha value is -1.40. The van der Waals surface area contributed by atoms with E-state index in [0.717, 1.165) is 36.2 Å². The lowest BCUT2D eigenvalue weighted by molar-refractivity contribution is 0.200. The van der Waals surface area contributed by atoms with Crippen LogP contribution in [0.3, 0.4) is 0 Å². The maximum atomic E-state index is 9.29. The number of hydrogen-bond donors (Lipinski definition) is 1. The Balaban J connectivity index is 1.86. The normalized spacial score (nSPS) is 18.6. The highest BCUT2D eigenvalue weighted by molar-refractivity contribution is 9.10. The zero-order chi connectivity index (χ0) is 18.0. The smallest absolute Gasteiger partial charge is 0.324 e. The number of anilines is 1. The summed E-state index contributed by atoms with van der Waals surface area (Å²) in [5.41, 5.74) is 0.864. The average Bonchev–Trinajstić information content (AvgIpc) is 3.12. The van der Waals surface area contributed by atoms with Gasteiger partial charge in [-0.25, -0.2) is 0 Å². The van der Waals surface area contributed by atoms with Crippen molar-refractivity contribution in [2.24, 2.45) is 11.8 Å². The Bertz CT molecular complexity index is 693. The molecule has 25 heavy (non-hydrogen) atoms. The maximum Gasteiger partial charge on any atom is 0.324 e. The molecule has 0 saturated carbocycles. The molecule has 2 aromatic rings. The molecule has 6 heteroatoms. The molecule has 0 amide bonds. The van der Waals surface area contributed by atoms with Gasteiger partial charge in [0.2, 0.25) is 0 Å². The lowest BCUT2D eigenvalue weighted by Gasteiger charge is -2.31. The molecule has 1 atom stereocenters. The van der Waals surface area contributed by atoms with Gasteiger partial charge in [0.05, 0.1) is 5.41 Å². The molecule has 2 heterocycles. The van der Waals surface area contributed by atoms with Crippen LogP contribution >= 0.6 is 15.9 Å². The largest absolute Gasteiger partial charge is 0.396 e. The highest BCUT2D eigenvalue weighted by Crippen LogP contribution is 2.38. The van der Waals surface area contributed by atoms with Crippen LogP contribution in [-0.2, 0) is 5.41 Å². The van der Waals surface area contributed by atoms with Crippen molar-refractivity contribution in [3.05, 3.63) is 40.1 Å². The minimum Gasteiger partial charge on any atom is -0.396 e. The van der Waals surface area contributed by atoms with Crippen LogP contribution in [0.5, 0.6) is 0 Å². The third-order valence-corrected chi connectivity index (χ3v) is 6.15. The fourth-order valence-electron chi connectivity index (χ4n) is 3.38. The first-order valence-electron chi connectivity index (χ1n) is 8.91. The van der Waals surface area contributed by atoms with Crippen LogP contribution in [0.15, 0.2) is 33.3 Å². The number of benzene rings is 1. The molecular formula is C19H26BrN3O2. The number of rotatable bonds is 5. The summed E-state index contributed by atoms with van der Waals surface area (Å²) in [5, 5.41) is 13.6. The second-order valence-corrected chi connectivity index (χ2v) is 8.29. The first-order chi connectivity index (χ1) is 11.9. The Morgan fingerprint density at radius 2 is 1.92 bits per heavy atom. The van der Waals surface area contributed by atoms with Crippen molar-refractivity contribution in [3.63, 3.8) is 0 Å². The Morgan fingerprint density at radius 3 is 2.48 bits per heavy atom. The molecular weight excluding hydrogens is 382 g/mol. The number of aromatic nitrogens is 2. The quantitative estimate of drug-likeness (QED) is 0.810. The molecule has 3 rings (SSSR count). The van der Waals surface area contributed by atoms with Crippen LogP contribution in [0.4, 0.5) is 6.01 Å². The monoisotopic (exact) mass is 407 g/mol. The van der Waals surface area contributed by atoms with E-state index < -0.39 is 0 Å². The van der Waals surface area contributed by atoms with Gasteiger partial charge in [-0.1, -0.05) is 47.1 Å². The summed E-state index contributed by atoms with van der Waals surface area (Å²) in [5.74, 6) is 1.44. The molecule has 5 nitrogen and oxygen atoms in total. The van der Waals surface area contributed by atoms with Crippen LogP contribution in [0.1, 0.15) is 45.0 Å². The van der Waals surface area contributed by atoms with E-state index in [2.05, 4.69) is 71.0 Å². The molecule has 0 spiro atoms.